The first-order valence-corrected chi connectivity index (χ1v) is 8.34. The summed E-state index contributed by atoms with van der Waals surface area (Å²) in [7, 11) is 0. The number of hydrogen-bond acceptors (Lipinski definition) is 3. The maximum Gasteiger partial charge on any atom is 0.127 e. The Labute approximate surface area is 133 Å². The van der Waals surface area contributed by atoms with Crippen molar-refractivity contribution in [1.29, 1.82) is 0 Å². The Morgan fingerprint density at radius 2 is 2.00 bits per heavy atom. The van der Waals surface area contributed by atoms with Crippen molar-refractivity contribution in [3.8, 4) is 0 Å². The van der Waals surface area contributed by atoms with Crippen LogP contribution in [-0.4, -0.2) is 27.8 Å². The Hall–Kier alpha value is -1.97. The van der Waals surface area contributed by atoms with E-state index in [0.717, 1.165) is 36.0 Å². The summed E-state index contributed by atoms with van der Waals surface area (Å²) in [5, 5.41) is 4.74. The Morgan fingerprint density at radius 3 is 2.55 bits per heavy atom. The molecular weight excluding hydrogens is 272 g/mol. The molecule has 1 saturated carbocycles. The van der Waals surface area contributed by atoms with Gasteiger partial charge in [0.2, 0.25) is 0 Å². The van der Waals surface area contributed by atoms with Gasteiger partial charge in [0.1, 0.15) is 5.82 Å². The van der Waals surface area contributed by atoms with Crippen LogP contribution in [0.3, 0.4) is 0 Å². The molecule has 2 heterocycles. The maximum absolute atomic E-state index is 6.20. The van der Waals surface area contributed by atoms with Crippen LogP contribution in [0.5, 0.6) is 0 Å². The van der Waals surface area contributed by atoms with Gasteiger partial charge >= 0.3 is 0 Å². The van der Waals surface area contributed by atoms with Gasteiger partial charge in [-0.2, -0.15) is 5.10 Å². The first-order chi connectivity index (χ1) is 10.7. The topological polar surface area (TPSA) is 47.1 Å². The van der Waals surface area contributed by atoms with Crippen LogP contribution < -0.4 is 5.73 Å². The van der Waals surface area contributed by atoms with E-state index in [2.05, 4.69) is 23.6 Å². The van der Waals surface area contributed by atoms with Crippen molar-refractivity contribution >= 4 is 11.5 Å². The third kappa shape index (κ3) is 2.82. The van der Waals surface area contributed by atoms with Gasteiger partial charge in [0.05, 0.1) is 11.4 Å². The maximum atomic E-state index is 6.20. The van der Waals surface area contributed by atoms with Gasteiger partial charge in [0.25, 0.3) is 0 Å². The second-order valence-electron chi connectivity index (χ2n) is 6.21. The smallest absolute Gasteiger partial charge is 0.127 e. The zero-order chi connectivity index (χ0) is 15.5. The number of aromatic nitrogens is 2. The minimum absolute atomic E-state index is 0.600. The second kappa shape index (κ2) is 6.42. The van der Waals surface area contributed by atoms with E-state index >= 15 is 0 Å². The lowest BCUT2D eigenvalue weighted by Gasteiger charge is -2.23. The third-order valence-electron chi connectivity index (χ3n) is 4.80. The molecule has 2 aliphatic rings. The summed E-state index contributed by atoms with van der Waals surface area (Å²) < 4.78 is 1.87. The molecule has 4 heteroatoms. The number of nitrogens with zero attached hydrogens (tertiary/aromatic N) is 3. The van der Waals surface area contributed by atoms with Crippen molar-refractivity contribution in [1.82, 2.24) is 14.7 Å². The molecule has 1 aliphatic heterocycles. The lowest BCUT2D eigenvalue weighted by molar-refractivity contribution is 0.409. The van der Waals surface area contributed by atoms with Crippen molar-refractivity contribution in [3.63, 3.8) is 0 Å². The van der Waals surface area contributed by atoms with E-state index in [9.17, 15) is 0 Å². The molecule has 1 saturated heterocycles. The highest BCUT2D eigenvalue weighted by atomic mass is 15.3. The number of anilines is 1. The molecule has 0 radical (unpaired) electrons. The van der Waals surface area contributed by atoms with Gasteiger partial charge in [-0.05, 0) is 44.8 Å². The third-order valence-corrected chi connectivity index (χ3v) is 4.80. The van der Waals surface area contributed by atoms with Crippen LogP contribution in [0.15, 0.2) is 36.6 Å². The number of allylic oxidation sites excluding steroid dienone is 4. The van der Waals surface area contributed by atoms with Crippen LogP contribution in [0, 0.1) is 0 Å². The first-order valence-electron chi connectivity index (χ1n) is 8.34. The van der Waals surface area contributed by atoms with Crippen LogP contribution in [-0.2, 0) is 0 Å². The fourth-order valence-electron chi connectivity index (χ4n) is 3.20. The molecule has 1 aromatic rings. The van der Waals surface area contributed by atoms with Crippen molar-refractivity contribution in [2.75, 3.05) is 18.8 Å². The molecule has 1 aliphatic carbocycles. The molecule has 2 fully saturated rings. The standard InChI is InChI=1S/C18H26N4/c1-3-15(21-10-5-6-11-21)12-16(4-2)22-18(19)13-17(20-22)14-8-7-9-14/h3-4,12-14H,1,5-11,19H2,2H3/b15-12+,16-4+. The van der Waals surface area contributed by atoms with E-state index in [0.29, 0.717) is 5.92 Å². The molecule has 0 bridgehead atoms. The van der Waals surface area contributed by atoms with Gasteiger partial charge in [0.15, 0.2) is 0 Å². The number of hydrogen-bond donors (Lipinski definition) is 1. The molecule has 0 spiro atoms. The highest BCUT2D eigenvalue weighted by Crippen LogP contribution is 2.36. The fraction of sp³-hybridized carbons (Fsp3) is 0.500. The SMILES string of the molecule is C=C/C(=C\C(=C/C)n1nc(C2CCC2)cc1N)N1CCCC1. The molecule has 0 aromatic carbocycles. The van der Waals surface area contributed by atoms with E-state index < -0.39 is 0 Å². The van der Waals surface area contributed by atoms with E-state index in [4.69, 9.17) is 10.8 Å². The molecule has 2 N–H and O–H groups in total. The molecule has 3 rings (SSSR count). The highest BCUT2D eigenvalue weighted by molar-refractivity contribution is 5.62. The molecule has 0 amide bonds. The minimum Gasteiger partial charge on any atom is -0.384 e. The number of nitrogen functional groups attached to an aromatic ring is 1. The number of nitrogens with two attached hydrogens (primary N) is 1. The second-order valence-corrected chi connectivity index (χ2v) is 6.21. The summed E-state index contributed by atoms with van der Waals surface area (Å²) in [5.41, 5.74) is 9.51. The molecule has 1 aromatic heterocycles. The first kappa shape index (κ1) is 14.9. The highest BCUT2D eigenvalue weighted by Gasteiger charge is 2.23. The van der Waals surface area contributed by atoms with E-state index in [1.807, 2.05) is 23.7 Å². The van der Waals surface area contributed by atoms with Gasteiger partial charge in [-0.15, -0.1) is 0 Å². The predicted octanol–water partition coefficient (Wildman–Crippen LogP) is 3.76. The van der Waals surface area contributed by atoms with Crippen LogP contribution in [0.25, 0.3) is 5.70 Å². The average Bonchev–Trinajstić information content (AvgIpc) is 3.09. The van der Waals surface area contributed by atoms with E-state index in [1.54, 1.807) is 0 Å². The molecule has 22 heavy (non-hydrogen) atoms. The summed E-state index contributed by atoms with van der Waals surface area (Å²) in [6.45, 7) is 8.21. The van der Waals surface area contributed by atoms with Gasteiger partial charge in [0, 0.05) is 30.8 Å². The quantitative estimate of drug-likeness (QED) is 0.842. The normalized spacial score (nSPS) is 20.3. The summed E-state index contributed by atoms with van der Waals surface area (Å²) in [5.74, 6) is 1.32. The van der Waals surface area contributed by atoms with Gasteiger partial charge in [-0.3, -0.25) is 0 Å². The predicted molar refractivity (Wildman–Crippen MR) is 92.3 cm³/mol. The van der Waals surface area contributed by atoms with Crippen molar-refractivity contribution in [2.24, 2.45) is 0 Å². The minimum atomic E-state index is 0.600. The summed E-state index contributed by atoms with van der Waals surface area (Å²) in [6.07, 6.45) is 12.4. The summed E-state index contributed by atoms with van der Waals surface area (Å²) in [4.78, 5) is 2.38. The van der Waals surface area contributed by atoms with Gasteiger partial charge in [-0.25, -0.2) is 4.68 Å². The van der Waals surface area contributed by atoms with E-state index in [-0.39, 0.29) is 0 Å². The molecule has 4 nitrogen and oxygen atoms in total. The van der Waals surface area contributed by atoms with Crippen molar-refractivity contribution in [3.05, 3.63) is 42.3 Å². The van der Waals surface area contributed by atoms with E-state index in [1.165, 1.54) is 32.1 Å². The van der Waals surface area contributed by atoms with Crippen molar-refractivity contribution in [2.45, 2.75) is 44.9 Å². The molecular formula is C18H26N4. The van der Waals surface area contributed by atoms with Crippen molar-refractivity contribution < 1.29 is 0 Å². The summed E-state index contributed by atoms with van der Waals surface area (Å²) >= 11 is 0. The Balaban J connectivity index is 1.87. The van der Waals surface area contributed by atoms with Gasteiger partial charge in [-0.1, -0.05) is 19.1 Å². The zero-order valence-corrected chi connectivity index (χ0v) is 13.5. The van der Waals surface area contributed by atoms with Crippen LogP contribution >= 0.6 is 0 Å². The monoisotopic (exact) mass is 298 g/mol. The zero-order valence-electron chi connectivity index (χ0n) is 13.5. The largest absolute Gasteiger partial charge is 0.384 e. The van der Waals surface area contributed by atoms with Crippen LogP contribution in [0.4, 0.5) is 5.82 Å². The van der Waals surface area contributed by atoms with Gasteiger partial charge < -0.3 is 10.6 Å². The lowest BCUT2D eigenvalue weighted by atomic mass is 9.83. The molecule has 118 valence electrons. The molecule has 0 atom stereocenters. The van der Waals surface area contributed by atoms with Crippen LogP contribution in [0.2, 0.25) is 0 Å². The number of likely N-dealkylation sites (tertiary alicyclic amines) is 1. The summed E-state index contributed by atoms with van der Waals surface area (Å²) in [6, 6.07) is 2.03. The van der Waals surface area contributed by atoms with Crippen LogP contribution in [0.1, 0.15) is 50.6 Å². The average molecular weight is 298 g/mol. The Morgan fingerprint density at radius 1 is 1.27 bits per heavy atom. The fourth-order valence-corrected chi connectivity index (χ4v) is 3.20. The molecule has 0 unspecified atom stereocenters. The lowest BCUT2D eigenvalue weighted by Crippen LogP contribution is -2.17. The Bertz CT molecular complexity index is 599. The Kier molecular flexibility index (Phi) is 4.36. The number of rotatable bonds is 5.